The van der Waals surface area contributed by atoms with E-state index < -0.39 is 0 Å². The summed E-state index contributed by atoms with van der Waals surface area (Å²) in [5.74, 6) is -0.968. The fraction of sp³-hybridized carbons (Fsp3) is 0.385. The van der Waals surface area contributed by atoms with Gasteiger partial charge >= 0.3 is 0 Å². The number of hydrogen-bond donors (Lipinski definition) is 0. The molecule has 0 aromatic heterocycles. The van der Waals surface area contributed by atoms with Gasteiger partial charge in [-0.2, -0.15) is 0 Å². The number of carbonyl (C=O) groups is 2. The molecule has 1 unspecified atom stereocenters. The van der Waals surface area contributed by atoms with Crippen LogP contribution in [0.3, 0.4) is 0 Å². The van der Waals surface area contributed by atoms with E-state index in [0.29, 0.717) is 19.4 Å². The summed E-state index contributed by atoms with van der Waals surface area (Å²) in [4.78, 5) is 24.2. The zero-order valence-corrected chi connectivity index (χ0v) is 9.65. The highest BCUT2D eigenvalue weighted by Crippen LogP contribution is 2.15. The van der Waals surface area contributed by atoms with Crippen LogP contribution in [-0.4, -0.2) is 29.2 Å². The maximum Gasteiger partial charge on any atom is 0.290 e. The highest BCUT2D eigenvalue weighted by molar-refractivity contribution is 6.37. The van der Waals surface area contributed by atoms with Gasteiger partial charge in [-0.3, -0.25) is 9.59 Å². The van der Waals surface area contributed by atoms with Gasteiger partial charge in [0.25, 0.3) is 5.91 Å². The quantitative estimate of drug-likeness (QED) is 0.745. The van der Waals surface area contributed by atoms with Gasteiger partial charge < -0.3 is 4.90 Å². The second kappa shape index (κ2) is 4.65. The highest BCUT2D eigenvalue weighted by atomic mass is 19.1. The maximum absolute atomic E-state index is 12.7. The van der Waals surface area contributed by atoms with Crippen LogP contribution in [0, 0.1) is 5.82 Å². The number of benzene rings is 1. The van der Waals surface area contributed by atoms with E-state index >= 15 is 0 Å². The number of amides is 1. The number of Topliss-reactive ketones (excluding diaryl/α,β-unsaturated/α-hetero) is 1. The molecule has 2 rings (SSSR count). The summed E-state index contributed by atoms with van der Waals surface area (Å²) in [7, 11) is 0. The third-order valence-corrected chi connectivity index (χ3v) is 3.06. The topological polar surface area (TPSA) is 37.4 Å². The Morgan fingerprint density at radius 1 is 1.29 bits per heavy atom. The molecule has 1 aromatic rings. The minimum absolute atomic E-state index is 0.0283. The van der Waals surface area contributed by atoms with Gasteiger partial charge in [0, 0.05) is 19.0 Å². The van der Waals surface area contributed by atoms with Crippen molar-refractivity contribution in [2.45, 2.75) is 25.8 Å². The Hall–Kier alpha value is -1.71. The number of carbonyl (C=O) groups excluding carboxylic acids is 2. The van der Waals surface area contributed by atoms with Crippen LogP contribution in [0.15, 0.2) is 24.3 Å². The van der Waals surface area contributed by atoms with E-state index in [-0.39, 0.29) is 23.5 Å². The number of rotatable bonds is 3. The Kier molecular flexibility index (Phi) is 3.22. The lowest BCUT2D eigenvalue weighted by molar-refractivity contribution is -0.141. The van der Waals surface area contributed by atoms with E-state index in [4.69, 9.17) is 0 Å². The fourth-order valence-electron chi connectivity index (χ4n) is 2.08. The van der Waals surface area contributed by atoms with Crippen LogP contribution in [0.25, 0.3) is 0 Å². The molecule has 0 N–H and O–H groups in total. The van der Waals surface area contributed by atoms with E-state index in [9.17, 15) is 14.0 Å². The first-order valence-electron chi connectivity index (χ1n) is 5.66. The number of ketones is 1. The molecule has 1 aromatic carbocycles. The number of nitrogens with zero attached hydrogens (tertiary/aromatic N) is 1. The Bertz CT molecular complexity index is 441. The first-order chi connectivity index (χ1) is 8.08. The lowest BCUT2D eigenvalue weighted by Gasteiger charge is -2.23. The van der Waals surface area contributed by atoms with E-state index in [1.165, 1.54) is 12.1 Å². The van der Waals surface area contributed by atoms with Crippen LogP contribution in [0.5, 0.6) is 0 Å². The molecule has 1 atom stereocenters. The molecule has 1 aliphatic heterocycles. The van der Waals surface area contributed by atoms with Gasteiger partial charge in [-0.1, -0.05) is 12.1 Å². The second-order valence-corrected chi connectivity index (χ2v) is 4.35. The van der Waals surface area contributed by atoms with Crippen molar-refractivity contribution in [1.82, 2.24) is 4.90 Å². The molecule has 17 heavy (non-hydrogen) atoms. The summed E-state index contributed by atoms with van der Waals surface area (Å²) in [6.07, 6.45) is 0.950. The van der Waals surface area contributed by atoms with Crippen molar-refractivity contribution in [1.29, 1.82) is 0 Å². The Labute approximate surface area is 99.2 Å². The molecule has 0 spiro atoms. The van der Waals surface area contributed by atoms with Crippen LogP contribution < -0.4 is 0 Å². The number of halogens is 1. The Morgan fingerprint density at radius 2 is 1.94 bits per heavy atom. The summed E-state index contributed by atoms with van der Waals surface area (Å²) in [5.41, 5.74) is 0.964. The van der Waals surface area contributed by atoms with E-state index in [2.05, 4.69) is 0 Å². The van der Waals surface area contributed by atoms with E-state index in [1.807, 2.05) is 6.92 Å². The first-order valence-corrected chi connectivity index (χ1v) is 5.66. The Balaban J connectivity index is 2.02. The van der Waals surface area contributed by atoms with Crippen LogP contribution in [0.4, 0.5) is 4.39 Å². The SMILES string of the molecule is CC(Cc1ccc(F)cc1)N1CCC(=O)C1=O. The van der Waals surface area contributed by atoms with Crippen LogP contribution >= 0.6 is 0 Å². The van der Waals surface area contributed by atoms with Crippen molar-refractivity contribution in [3.05, 3.63) is 35.6 Å². The van der Waals surface area contributed by atoms with Crippen molar-refractivity contribution >= 4 is 11.7 Å². The third kappa shape index (κ3) is 2.52. The smallest absolute Gasteiger partial charge is 0.290 e. The Morgan fingerprint density at radius 3 is 2.47 bits per heavy atom. The molecule has 0 saturated carbocycles. The summed E-state index contributed by atoms with van der Waals surface area (Å²) in [6, 6.07) is 6.18. The predicted molar refractivity (Wildman–Crippen MR) is 60.9 cm³/mol. The minimum Gasteiger partial charge on any atom is -0.333 e. The van der Waals surface area contributed by atoms with Gasteiger partial charge in [0.2, 0.25) is 5.78 Å². The molecule has 1 amide bonds. The van der Waals surface area contributed by atoms with Gasteiger partial charge in [0.15, 0.2) is 0 Å². The zero-order valence-electron chi connectivity index (χ0n) is 9.65. The van der Waals surface area contributed by atoms with Gasteiger partial charge in [0.05, 0.1) is 0 Å². The van der Waals surface area contributed by atoms with Crippen LogP contribution in [-0.2, 0) is 16.0 Å². The molecule has 90 valence electrons. The molecular weight excluding hydrogens is 221 g/mol. The molecule has 0 bridgehead atoms. The lowest BCUT2D eigenvalue weighted by atomic mass is 10.1. The first kappa shape index (κ1) is 11.8. The van der Waals surface area contributed by atoms with Crippen molar-refractivity contribution in [3.8, 4) is 0 Å². The lowest BCUT2D eigenvalue weighted by Crippen LogP contribution is -2.37. The van der Waals surface area contributed by atoms with Crippen molar-refractivity contribution in [3.63, 3.8) is 0 Å². The predicted octanol–water partition coefficient (Wildman–Crippen LogP) is 1.56. The fourth-order valence-corrected chi connectivity index (χ4v) is 2.08. The van der Waals surface area contributed by atoms with Crippen LogP contribution in [0.1, 0.15) is 18.9 Å². The van der Waals surface area contributed by atoms with Crippen molar-refractivity contribution in [2.24, 2.45) is 0 Å². The molecule has 0 radical (unpaired) electrons. The van der Waals surface area contributed by atoms with Crippen molar-refractivity contribution in [2.75, 3.05) is 6.54 Å². The minimum atomic E-state index is -0.389. The van der Waals surface area contributed by atoms with Crippen molar-refractivity contribution < 1.29 is 14.0 Å². The molecule has 3 nitrogen and oxygen atoms in total. The molecule has 1 saturated heterocycles. The third-order valence-electron chi connectivity index (χ3n) is 3.06. The number of hydrogen-bond acceptors (Lipinski definition) is 2. The van der Waals surface area contributed by atoms with Gasteiger partial charge in [-0.15, -0.1) is 0 Å². The van der Waals surface area contributed by atoms with E-state index in [0.717, 1.165) is 5.56 Å². The number of likely N-dealkylation sites (tertiary alicyclic amines) is 1. The van der Waals surface area contributed by atoms with Crippen LogP contribution in [0.2, 0.25) is 0 Å². The molecule has 4 heteroatoms. The normalized spacial score (nSPS) is 17.6. The molecule has 0 aliphatic carbocycles. The summed E-state index contributed by atoms with van der Waals surface area (Å²) in [6.45, 7) is 2.40. The van der Waals surface area contributed by atoms with Gasteiger partial charge in [0.1, 0.15) is 5.82 Å². The van der Waals surface area contributed by atoms with Gasteiger partial charge in [-0.25, -0.2) is 4.39 Å². The largest absolute Gasteiger partial charge is 0.333 e. The second-order valence-electron chi connectivity index (χ2n) is 4.35. The average Bonchev–Trinajstić information content (AvgIpc) is 2.63. The molecule has 1 heterocycles. The highest BCUT2D eigenvalue weighted by Gasteiger charge is 2.32. The molecule has 1 fully saturated rings. The maximum atomic E-state index is 12.7. The summed E-state index contributed by atoms with van der Waals surface area (Å²) < 4.78 is 12.7. The standard InChI is InChI=1S/C13H14FNO2/c1-9(15-7-6-12(16)13(15)17)8-10-2-4-11(14)5-3-10/h2-5,9H,6-8H2,1H3. The zero-order chi connectivity index (χ0) is 12.4. The van der Waals surface area contributed by atoms with Gasteiger partial charge in [-0.05, 0) is 31.0 Å². The monoisotopic (exact) mass is 235 g/mol. The average molecular weight is 235 g/mol. The van der Waals surface area contributed by atoms with E-state index in [1.54, 1.807) is 17.0 Å². The summed E-state index contributed by atoms with van der Waals surface area (Å²) in [5, 5.41) is 0. The molecular formula is C13H14FNO2. The summed E-state index contributed by atoms with van der Waals surface area (Å²) >= 11 is 0. The molecule has 1 aliphatic rings.